The van der Waals surface area contributed by atoms with Crippen LogP contribution in [-0.4, -0.2) is 48.2 Å². The predicted molar refractivity (Wildman–Crippen MR) is 160 cm³/mol. The Labute approximate surface area is 232 Å². The zero-order chi connectivity index (χ0) is 27.0. The minimum Gasteiger partial charge on any atom is -0.373 e. The lowest BCUT2D eigenvalue weighted by molar-refractivity contribution is 0.0896. The molecule has 1 aromatic rings. The summed E-state index contributed by atoms with van der Waals surface area (Å²) in [6.07, 6.45) is 16.3. The van der Waals surface area contributed by atoms with Gasteiger partial charge in [0.1, 0.15) is 11.8 Å². The number of nitrogens with zero attached hydrogens (tertiary/aromatic N) is 4. The largest absolute Gasteiger partial charge is 0.373 e. The van der Waals surface area contributed by atoms with E-state index in [4.69, 9.17) is 5.26 Å². The average molecular weight is 515 g/mol. The Morgan fingerprint density at radius 3 is 2.45 bits per heavy atom. The smallest absolute Gasteiger partial charge is 0.139 e. The quantitative estimate of drug-likeness (QED) is 0.287. The highest BCUT2D eigenvalue weighted by Gasteiger charge is 2.45. The third-order valence-electron chi connectivity index (χ3n) is 9.99. The Balaban J connectivity index is 1.39. The van der Waals surface area contributed by atoms with Gasteiger partial charge in [-0.2, -0.15) is 5.26 Å². The molecule has 4 heteroatoms. The van der Waals surface area contributed by atoms with Crippen molar-refractivity contribution in [2.75, 3.05) is 32.7 Å². The van der Waals surface area contributed by atoms with E-state index in [1.54, 1.807) is 11.1 Å². The van der Waals surface area contributed by atoms with E-state index >= 15 is 0 Å². The molecule has 1 aliphatic carbocycles. The molecule has 3 fully saturated rings. The maximum atomic E-state index is 9.13. The molecule has 4 rings (SSSR count). The molecule has 206 valence electrons. The predicted octanol–water partition coefficient (Wildman–Crippen LogP) is 7.52. The number of aryl methyl sites for hydroxylation is 1. The van der Waals surface area contributed by atoms with Crippen molar-refractivity contribution in [2.45, 2.75) is 90.4 Å². The second kappa shape index (κ2) is 13.6. The van der Waals surface area contributed by atoms with Crippen LogP contribution in [0.15, 0.2) is 53.8 Å². The SMILES string of the molecule is C=C/C(C#N)=N\C=C(/CC)N1CCC(CN2CCC(C(C)(c3ccccc3CCC)C3CCCC3)CC2)C1. The molecule has 2 aliphatic heterocycles. The summed E-state index contributed by atoms with van der Waals surface area (Å²) in [6.45, 7) is 16.7. The van der Waals surface area contributed by atoms with E-state index in [2.05, 4.69) is 72.5 Å². The zero-order valence-corrected chi connectivity index (χ0v) is 24.3. The maximum absolute atomic E-state index is 9.13. The van der Waals surface area contributed by atoms with E-state index in [0.29, 0.717) is 17.0 Å². The molecule has 2 unspecified atom stereocenters. The minimum atomic E-state index is 0.313. The van der Waals surface area contributed by atoms with Crippen molar-refractivity contribution in [2.24, 2.45) is 22.7 Å². The van der Waals surface area contributed by atoms with Gasteiger partial charge in [0, 0.05) is 31.5 Å². The van der Waals surface area contributed by atoms with Crippen LogP contribution >= 0.6 is 0 Å². The highest BCUT2D eigenvalue weighted by Crippen LogP contribution is 2.51. The summed E-state index contributed by atoms with van der Waals surface area (Å²) < 4.78 is 0. The first-order valence-corrected chi connectivity index (χ1v) is 15.4. The van der Waals surface area contributed by atoms with Gasteiger partial charge >= 0.3 is 0 Å². The fourth-order valence-electron chi connectivity index (χ4n) is 7.82. The van der Waals surface area contributed by atoms with Gasteiger partial charge < -0.3 is 9.80 Å². The van der Waals surface area contributed by atoms with Crippen LogP contribution in [0.25, 0.3) is 0 Å². The normalized spacial score (nSPS) is 23.9. The number of aliphatic imine (C=N–C) groups is 1. The second-order valence-electron chi connectivity index (χ2n) is 12.2. The lowest BCUT2D eigenvalue weighted by Crippen LogP contribution is -2.46. The number of hydrogen-bond donors (Lipinski definition) is 0. The van der Waals surface area contributed by atoms with Gasteiger partial charge in [-0.3, -0.25) is 0 Å². The van der Waals surface area contributed by atoms with Crippen LogP contribution in [0, 0.1) is 29.1 Å². The molecule has 0 amide bonds. The molecule has 3 aliphatic rings. The lowest BCUT2D eigenvalue weighted by Gasteiger charge is -2.48. The Kier molecular flexibility index (Phi) is 10.3. The number of benzene rings is 1. The third-order valence-corrected chi connectivity index (χ3v) is 9.99. The van der Waals surface area contributed by atoms with Crippen LogP contribution in [0.1, 0.15) is 89.7 Å². The van der Waals surface area contributed by atoms with Crippen molar-refractivity contribution in [3.63, 3.8) is 0 Å². The van der Waals surface area contributed by atoms with Crippen LogP contribution in [0.5, 0.6) is 0 Å². The van der Waals surface area contributed by atoms with E-state index in [0.717, 1.165) is 31.3 Å². The van der Waals surface area contributed by atoms with Crippen LogP contribution in [0.4, 0.5) is 0 Å². The van der Waals surface area contributed by atoms with E-state index in [9.17, 15) is 0 Å². The van der Waals surface area contributed by atoms with E-state index in [-0.39, 0.29) is 0 Å². The number of rotatable bonds is 11. The summed E-state index contributed by atoms with van der Waals surface area (Å²) in [6, 6.07) is 11.5. The van der Waals surface area contributed by atoms with Gasteiger partial charge in [-0.25, -0.2) is 4.99 Å². The van der Waals surface area contributed by atoms with Crippen molar-refractivity contribution < 1.29 is 0 Å². The molecular formula is C34H50N4. The van der Waals surface area contributed by atoms with Gasteiger partial charge in [-0.1, -0.05) is 70.9 Å². The number of hydrogen-bond acceptors (Lipinski definition) is 4. The standard InChI is InChI=1S/C34H50N4/c1-5-12-28-13-8-11-16-33(28)34(4,29-14-9-10-15-29)30-18-20-37(21-19-30)25-27-17-22-38(26-27)32(7-3)24-36-31(6-2)23-35/h6,8,11,13,16,24,27,29-30H,2,5,7,9-10,12,14-15,17-22,25-26H2,1,3-4H3/b32-24+,36-31+. The Morgan fingerprint density at radius 1 is 1.08 bits per heavy atom. The fraction of sp³-hybridized carbons (Fsp3) is 0.647. The number of nitriles is 1. The Bertz CT molecular complexity index is 1020. The van der Waals surface area contributed by atoms with Crippen molar-refractivity contribution in [1.29, 1.82) is 5.26 Å². The molecule has 1 aromatic carbocycles. The summed E-state index contributed by atoms with van der Waals surface area (Å²) in [4.78, 5) is 9.59. The zero-order valence-electron chi connectivity index (χ0n) is 24.3. The summed E-state index contributed by atoms with van der Waals surface area (Å²) in [7, 11) is 0. The highest BCUT2D eigenvalue weighted by atomic mass is 15.2. The molecule has 2 heterocycles. The van der Waals surface area contributed by atoms with Gasteiger partial charge in [-0.05, 0) is 98.4 Å². The monoisotopic (exact) mass is 514 g/mol. The second-order valence-corrected chi connectivity index (χ2v) is 12.2. The molecule has 2 saturated heterocycles. The highest BCUT2D eigenvalue weighted by molar-refractivity contribution is 6.07. The summed E-state index contributed by atoms with van der Waals surface area (Å²) in [5.74, 6) is 2.34. The molecule has 2 atom stereocenters. The molecule has 4 nitrogen and oxygen atoms in total. The third kappa shape index (κ3) is 6.42. The average Bonchev–Trinajstić information content (AvgIpc) is 3.65. The molecule has 38 heavy (non-hydrogen) atoms. The van der Waals surface area contributed by atoms with Crippen LogP contribution in [0.3, 0.4) is 0 Å². The van der Waals surface area contributed by atoms with Crippen LogP contribution < -0.4 is 0 Å². The van der Waals surface area contributed by atoms with Crippen molar-refractivity contribution in [3.8, 4) is 6.07 Å². The lowest BCUT2D eigenvalue weighted by atomic mass is 9.59. The first-order chi connectivity index (χ1) is 18.5. The Morgan fingerprint density at radius 2 is 1.79 bits per heavy atom. The molecular weight excluding hydrogens is 464 g/mol. The Hall–Kier alpha value is -2.38. The molecule has 0 radical (unpaired) electrons. The molecule has 0 bridgehead atoms. The first-order valence-electron chi connectivity index (χ1n) is 15.4. The van der Waals surface area contributed by atoms with Crippen molar-refractivity contribution in [3.05, 3.63) is 59.9 Å². The minimum absolute atomic E-state index is 0.313. The van der Waals surface area contributed by atoms with Gasteiger partial charge in [0.15, 0.2) is 0 Å². The van der Waals surface area contributed by atoms with E-state index in [1.807, 2.05) is 6.20 Å². The molecule has 1 saturated carbocycles. The van der Waals surface area contributed by atoms with E-state index < -0.39 is 0 Å². The van der Waals surface area contributed by atoms with Gasteiger partial charge in [-0.15, -0.1) is 0 Å². The van der Waals surface area contributed by atoms with Gasteiger partial charge in [0.05, 0.1) is 0 Å². The number of piperidine rings is 1. The summed E-state index contributed by atoms with van der Waals surface area (Å²) in [5.41, 5.74) is 5.22. The number of allylic oxidation sites excluding steroid dienone is 2. The van der Waals surface area contributed by atoms with Gasteiger partial charge in [0.2, 0.25) is 0 Å². The van der Waals surface area contributed by atoms with E-state index in [1.165, 1.54) is 89.2 Å². The van der Waals surface area contributed by atoms with Crippen LogP contribution in [-0.2, 0) is 11.8 Å². The molecule has 0 aromatic heterocycles. The number of likely N-dealkylation sites (tertiary alicyclic amines) is 2. The summed E-state index contributed by atoms with van der Waals surface area (Å²) in [5, 5.41) is 9.13. The molecule has 0 spiro atoms. The topological polar surface area (TPSA) is 42.6 Å². The van der Waals surface area contributed by atoms with Crippen molar-refractivity contribution in [1.82, 2.24) is 9.80 Å². The summed E-state index contributed by atoms with van der Waals surface area (Å²) >= 11 is 0. The van der Waals surface area contributed by atoms with Crippen molar-refractivity contribution >= 4 is 5.71 Å². The molecule has 0 N–H and O–H groups in total. The first kappa shape index (κ1) is 28.6. The van der Waals surface area contributed by atoms with Crippen LogP contribution in [0.2, 0.25) is 0 Å². The fourth-order valence-corrected chi connectivity index (χ4v) is 7.82. The van der Waals surface area contributed by atoms with Gasteiger partial charge in [0.25, 0.3) is 0 Å². The maximum Gasteiger partial charge on any atom is 0.139 e.